The molecule has 2 aromatic carbocycles. The lowest BCUT2D eigenvalue weighted by Crippen LogP contribution is -2.55. The van der Waals surface area contributed by atoms with E-state index in [2.05, 4.69) is 0 Å². The molecule has 32 heavy (non-hydrogen) atoms. The van der Waals surface area contributed by atoms with Crippen molar-refractivity contribution in [3.63, 3.8) is 0 Å². The summed E-state index contributed by atoms with van der Waals surface area (Å²) in [7, 11) is 0. The molecule has 170 valence electrons. The van der Waals surface area contributed by atoms with Gasteiger partial charge in [0, 0.05) is 5.56 Å². The van der Waals surface area contributed by atoms with Crippen LogP contribution in [0.4, 0.5) is 0 Å². The van der Waals surface area contributed by atoms with E-state index in [4.69, 9.17) is 9.15 Å². The highest BCUT2D eigenvalue weighted by Gasteiger charge is 2.45. The van der Waals surface area contributed by atoms with E-state index in [1.807, 2.05) is 0 Å². The molecule has 8 N–H and O–H groups in total. The Bertz CT molecular complexity index is 1230. The zero-order valence-electron chi connectivity index (χ0n) is 16.3. The van der Waals surface area contributed by atoms with Crippen molar-refractivity contribution in [2.45, 2.75) is 30.5 Å². The van der Waals surface area contributed by atoms with Gasteiger partial charge in [0.05, 0.1) is 17.6 Å². The molecule has 0 unspecified atom stereocenters. The molecule has 0 bridgehead atoms. The smallest absolute Gasteiger partial charge is 0.235 e. The van der Waals surface area contributed by atoms with E-state index in [1.54, 1.807) is 0 Å². The molecule has 0 radical (unpaired) electrons. The van der Waals surface area contributed by atoms with Gasteiger partial charge in [0.25, 0.3) is 0 Å². The van der Waals surface area contributed by atoms with Crippen LogP contribution >= 0.6 is 0 Å². The lowest BCUT2D eigenvalue weighted by Gasteiger charge is -2.40. The number of benzene rings is 2. The summed E-state index contributed by atoms with van der Waals surface area (Å²) in [5.41, 5.74) is -1.46. The standard InChI is InChI=1S/C21H20O11/c22-6-12-15(27)16(28)18(30)21(31-12)13-10(24)4-2-8-14(26)17(29)19(32-20(8)13)7-1-3-9(23)11(25)5-7/h1-5,12,15-16,18,21-25,27-30H,6H2/t12-,15-,16+,18-,21+/m1/s1. The third-order valence-corrected chi connectivity index (χ3v) is 5.47. The van der Waals surface area contributed by atoms with Crippen molar-refractivity contribution in [2.24, 2.45) is 0 Å². The first-order valence-corrected chi connectivity index (χ1v) is 9.50. The summed E-state index contributed by atoms with van der Waals surface area (Å²) in [6.45, 7) is -0.713. The van der Waals surface area contributed by atoms with Gasteiger partial charge in [-0.1, -0.05) is 0 Å². The zero-order chi connectivity index (χ0) is 23.3. The largest absolute Gasteiger partial charge is 0.507 e. The molecule has 1 aromatic heterocycles. The molecule has 0 spiro atoms. The third-order valence-electron chi connectivity index (χ3n) is 5.47. The van der Waals surface area contributed by atoms with Crippen LogP contribution in [0, 0.1) is 0 Å². The number of aliphatic hydroxyl groups is 4. The summed E-state index contributed by atoms with van der Waals surface area (Å²) in [5.74, 6) is -2.71. The monoisotopic (exact) mass is 448 g/mol. The third kappa shape index (κ3) is 3.32. The van der Waals surface area contributed by atoms with Crippen molar-refractivity contribution in [3.05, 3.63) is 46.1 Å². The van der Waals surface area contributed by atoms with Gasteiger partial charge in [0.15, 0.2) is 17.3 Å². The Morgan fingerprint density at radius 2 is 1.53 bits per heavy atom. The van der Waals surface area contributed by atoms with Gasteiger partial charge >= 0.3 is 0 Å². The van der Waals surface area contributed by atoms with E-state index in [9.17, 15) is 45.6 Å². The predicted molar refractivity (Wildman–Crippen MR) is 107 cm³/mol. The number of fused-ring (bicyclic) bond motifs is 1. The van der Waals surface area contributed by atoms with Gasteiger partial charge in [0.2, 0.25) is 11.2 Å². The van der Waals surface area contributed by atoms with Crippen LogP contribution < -0.4 is 5.43 Å². The number of aromatic hydroxyl groups is 4. The van der Waals surface area contributed by atoms with Gasteiger partial charge in [-0.3, -0.25) is 4.79 Å². The molecule has 11 nitrogen and oxygen atoms in total. The van der Waals surface area contributed by atoms with Crippen LogP contribution in [0.15, 0.2) is 39.5 Å². The maximum Gasteiger partial charge on any atom is 0.235 e. The summed E-state index contributed by atoms with van der Waals surface area (Å²) >= 11 is 0. The molecule has 4 rings (SSSR count). The van der Waals surface area contributed by atoms with E-state index in [-0.39, 0.29) is 22.1 Å². The predicted octanol–water partition coefficient (Wildman–Crippen LogP) is -0.203. The number of hydrogen-bond acceptors (Lipinski definition) is 11. The molecule has 1 fully saturated rings. The van der Waals surface area contributed by atoms with Crippen molar-refractivity contribution < 1.29 is 50.0 Å². The first-order chi connectivity index (χ1) is 15.1. The molecule has 5 atom stereocenters. The normalized spacial score (nSPS) is 25.8. The minimum Gasteiger partial charge on any atom is -0.507 e. The fraction of sp³-hybridized carbons (Fsp3) is 0.286. The highest BCUT2D eigenvalue weighted by atomic mass is 16.5. The summed E-state index contributed by atoms with van der Waals surface area (Å²) < 4.78 is 11.2. The molecule has 0 amide bonds. The number of ether oxygens (including phenoxy) is 1. The second kappa shape index (κ2) is 7.97. The van der Waals surface area contributed by atoms with Crippen molar-refractivity contribution in [3.8, 4) is 34.3 Å². The van der Waals surface area contributed by atoms with Gasteiger partial charge in [-0.25, -0.2) is 0 Å². The molecule has 1 aliphatic rings. The Balaban J connectivity index is 1.98. The molecule has 0 saturated carbocycles. The van der Waals surface area contributed by atoms with Crippen LogP contribution in [-0.2, 0) is 4.74 Å². The fourth-order valence-corrected chi connectivity index (χ4v) is 3.73. The van der Waals surface area contributed by atoms with Gasteiger partial charge in [-0.05, 0) is 30.3 Å². The van der Waals surface area contributed by atoms with Gasteiger partial charge in [0.1, 0.15) is 41.9 Å². The fourth-order valence-electron chi connectivity index (χ4n) is 3.73. The quantitative estimate of drug-likeness (QED) is 0.247. The van der Waals surface area contributed by atoms with Crippen molar-refractivity contribution in [2.75, 3.05) is 6.61 Å². The number of hydrogen-bond donors (Lipinski definition) is 8. The van der Waals surface area contributed by atoms with Crippen LogP contribution in [0.1, 0.15) is 11.7 Å². The maximum absolute atomic E-state index is 12.8. The summed E-state index contributed by atoms with van der Waals surface area (Å²) in [6.07, 6.45) is -7.98. The molecule has 2 heterocycles. The Hall–Kier alpha value is -3.35. The Morgan fingerprint density at radius 1 is 0.844 bits per heavy atom. The Morgan fingerprint density at radius 3 is 2.19 bits per heavy atom. The molecule has 1 saturated heterocycles. The van der Waals surface area contributed by atoms with Crippen molar-refractivity contribution >= 4 is 11.0 Å². The van der Waals surface area contributed by atoms with Crippen LogP contribution in [0.3, 0.4) is 0 Å². The minimum atomic E-state index is -1.77. The first kappa shape index (κ1) is 21.9. The van der Waals surface area contributed by atoms with E-state index < -0.39 is 71.3 Å². The van der Waals surface area contributed by atoms with Crippen molar-refractivity contribution in [1.29, 1.82) is 0 Å². The summed E-state index contributed by atoms with van der Waals surface area (Å²) in [4.78, 5) is 12.8. The summed E-state index contributed by atoms with van der Waals surface area (Å²) in [6, 6.07) is 5.67. The second-order valence-corrected chi connectivity index (χ2v) is 7.44. The number of phenols is 3. The molecule has 1 aliphatic heterocycles. The van der Waals surface area contributed by atoms with Crippen LogP contribution in [0.25, 0.3) is 22.3 Å². The van der Waals surface area contributed by atoms with Crippen LogP contribution in [0.2, 0.25) is 0 Å². The highest BCUT2D eigenvalue weighted by molar-refractivity contribution is 5.86. The average Bonchev–Trinajstić information content (AvgIpc) is 2.77. The molecule has 0 aliphatic carbocycles. The second-order valence-electron chi connectivity index (χ2n) is 7.44. The van der Waals surface area contributed by atoms with E-state index in [1.165, 1.54) is 12.1 Å². The minimum absolute atomic E-state index is 0.0138. The average molecular weight is 448 g/mol. The molecule has 3 aromatic rings. The van der Waals surface area contributed by atoms with Gasteiger partial charge in [-0.2, -0.15) is 0 Å². The van der Waals surface area contributed by atoms with E-state index >= 15 is 0 Å². The van der Waals surface area contributed by atoms with E-state index in [0.717, 1.165) is 18.2 Å². The highest BCUT2D eigenvalue weighted by Crippen LogP contribution is 2.42. The number of phenolic OH excluding ortho intramolecular Hbond substituents is 3. The van der Waals surface area contributed by atoms with Gasteiger partial charge < -0.3 is 50.0 Å². The Kier molecular flexibility index (Phi) is 5.44. The van der Waals surface area contributed by atoms with Crippen molar-refractivity contribution in [1.82, 2.24) is 0 Å². The zero-order valence-corrected chi connectivity index (χ0v) is 16.3. The number of aliphatic hydroxyl groups excluding tert-OH is 4. The lowest BCUT2D eigenvalue weighted by molar-refractivity contribution is -0.231. The number of rotatable bonds is 3. The molecular weight excluding hydrogens is 428 g/mol. The first-order valence-electron chi connectivity index (χ1n) is 9.50. The van der Waals surface area contributed by atoms with Crippen LogP contribution in [0.5, 0.6) is 23.0 Å². The van der Waals surface area contributed by atoms with Gasteiger partial charge in [-0.15, -0.1) is 0 Å². The molecule has 11 heteroatoms. The summed E-state index contributed by atoms with van der Waals surface area (Å²) in [5, 5.41) is 80.0. The topological polar surface area (TPSA) is 201 Å². The Labute approximate surface area is 179 Å². The maximum atomic E-state index is 12.8. The lowest BCUT2D eigenvalue weighted by atomic mass is 9.90. The van der Waals surface area contributed by atoms with E-state index in [0.29, 0.717) is 0 Å². The van der Waals surface area contributed by atoms with Crippen LogP contribution in [-0.4, -0.2) is 71.9 Å². The molecular formula is C21H20O11. The SMILES string of the molecule is O=c1c(O)c(-c2ccc(O)c(O)c2)oc2c([C@@H]3O[C@H](CO)[C@@H](O)[C@H](O)[C@H]3O)c(O)ccc12.